The van der Waals surface area contributed by atoms with Crippen LogP contribution in [0.4, 0.5) is 4.39 Å². The van der Waals surface area contributed by atoms with Crippen LogP contribution in [-0.2, 0) is 13.0 Å². The first-order valence-electron chi connectivity index (χ1n) is 6.43. The first-order chi connectivity index (χ1) is 10.2. The Kier molecular flexibility index (Phi) is 3.72. The van der Waals surface area contributed by atoms with Crippen molar-refractivity contribution in [2.75, 3.05) is 0 Å². The normalized spacial score (nSPS) is 10.7. The summed E-state index contributed by atoms with van der Waals surface area (Å²) >= 11 is 3.30. The second kappa shape index (κ2) is 5.66. The highest BCUT2D eigenvalue weighted by atomic mass is 79.9. The Labute approximate surface area is 129 Å². The van der Waals surface area contributed by atoms with Gasteiger partial charge in [-0.3, -0.25) is 0 Å². The Morgan fingerprint density at radius 1 is 1.24 bits per heavy atom. The molecule has 0 unspecified atom stereocenters. The van der Waals surface area contributed by atoms with Gasteiger partial charge in [-0.05, 0) is 35.9 Å². The second-order valence-electron chi connectivity index (χ2n) is 4.72. The molecule has 0 radical (unpaired) electrons. The summed E-state index contributed by atoms with van der Waals surface area (Å²) in [4.78, 5) is 4.48. The number of hydrogen-bond donors (Lipinski definition) is 0. The van der Waals surface area contributed by atoms with E-state index < -0.39 is 0 Å². The predicted octanol–water partition coefficient (Wildman–Crippen LogP) is 4.05. The average molecular weight is 344 g/mol. The third kappa shape index (κ3) is 2.81. The van der Waals surface area contributed by atoms with Gasteiger partial charge in [0.25, 0.3) is 0 Å². The van der Waals surface area contributed by atoms with Gasteiger partial charge in [-0.2, -0.15) is 5.26 Å². The minimum Gasteiger partial charge on any atom is -0.323 e. The first kappa shape index (κ1) is 13.8. The number of hydrogen-bond acceptors (Lipinski definition) is 2. The van der Waals surface area contributed by atoms with Crippen molar-refractivity contribution < 1.29 is 4.39 Å². The van der Waals surface area contributed by atoms with Crippen molar-refractivity contribution in [1.29, 1.82) is 5.26 Å². The van der Waals surface area contributed by atoms with Crippen molar-refractivity contribution in [2.45, 2.75) is 13.0 Å². The summed E-state index contributed by atoms with van der Waals surface area (Å²) in [7, 11) is 0. The van der Waals surface area contributed by atoms with Gasteiger partial charge in [0.15, 0.2) is 0 Å². The SMILES string of the molecule is N#CCc1nc2ccccc2n1Cc1cc(F)cc(Br)c1. The number of para-hydroxylation sites is 2. The number of aromatic nitrogens is 2. The Morgan fingerprint density at radius 2 is 2.05 bits per heavy atom. The topological polar surface area (TPSA) is 41.6 Å². The number of fused-ring (bicyclic) bond motifs is 1. The van der Waals surface area contributed by atoms with Crippen LogP contribution in [0.1, 0.15) is 11.4 Å². The van der Waals surface area contributed by atoms with E-state index >= 15 is 0 Å². The molecular formula is C16H11BrFN3. The lowest BCUT2D eigenvalue weighted by molar-refractivity contribution is 0.622. The molecule has 0 bridgehead atoms. The Bertz CT molecular complexity index is 828. The van der Waals surface area contributed by atoms with E-state index in [-0.39, 0.29) is 12.2 Å². The standard InChI is InChI=1S/C16H11BrFN3/c17-12-7-11(8-13(18)9-12)10-21-15-4-2-1-3-14(15)20-16(21)5-6-19/h1-4,7-9H,5,10H2. The van der Waals surface area contributed by atoms with Gasteiger partial charge in [0.2, 0.25) is 0 Å². The smallest absolute Gasteiger partial charge is 0.124 e. The maximum atomic E-state index is 13.5. The molecule has 0 atom stereocenters. The van der Waals surface area contributed by atoms with E-state index in [1.165, 1.54) is 12.1 Å². The molecule has 0 saturated carbocycles. The van der Waals surface area contributed by atoms with Crippen LogP contribution in [0, 0.1) is 17.1 Å². The molecular weight excluding hydrogens is 333 g/mol. The molecule has 5 heteroatoms. The molecule has 0 amide bonds. The Hall–Kier alpha value is -2.19. The van der Waals surface area contributed by atoms with Crippen LogP contribution in [0.3, 0.4) is 0 Å². The fourth-order valence-electron chi connectivity index (χ4n) is 2.39. The van der Waals surface area contributed by atoms with Gasteiger partial charge < -0.3 is 4.57 Å². The van der Waals surface area contributed by atoms with Crippen molar-refractivity contribution in [3.05, 3.63) is 64.1 Å². The van der Waals surface area contributed by atoms with Gasteiger partial charge >= 0.3 is 0 Å². The number of nitriles is 1. The third-order valence-electron chi connectivity index (χ3n) is 3.23. The number of imidazole rings is 1. The van der Waals surface area contributed by atoms with Crippen LogP contribution in [-0.4, -0.2) is 9.55 Å². The number of rotatable bonds is 3. The molecule has 21 heavy (non-hydrogen) atoms. The van der Waals surface area contributed by atoms with Gasteiger partial charge in [0, 0.05) is 11.0 Å². The summed E-state index contributed by atoms with van der Waals surface area (Å²) in [5.41, 5.74) is 2.62. The molecule has 3 rings (SSSR count). The van der Waals surface area contributed by atoms with Crippen LogP contribution in [0.2, 0.25) is 0 Å². The molecule has 1 heterocycles. The monoisotopic (exact) mass is 343 g/mol. The quantitative estimate of drug-likeness (QED) is 0.719. The van der Waals surface area contributed by atoms with Crippen molar-refractivity contribution in [3.8, 4) is 6.07 Å². The molecule has 1 aromatic heterocycles. The van der Waals surface area contributed by atoms with Crippen molar-refractivity contribution in [3.63, 3.8) is 0 Å². The van der Waals surface area contributed by atoms with Crippen LogP contribution in [0.25, 0.3) is 11.0 Å². The van der Waals surface area contributed by atoms with E-state index in [1.54, 1.807) is 0 Å². The van der Waals surface area contributed by atoms with Crippen molar-refractivity contribution in [1.82, 2.24) is 9.55 Å². The van der Waals surface area contributed by atoms with Gasteiger partial charge in [-0.1, -0.05) is 28.1 Å². The minimum atomic E-state index is -0.286. The minimum absolute atomic E-state index is 0.227. The molecule has 0 N–H and O–H groups in total. The summed E-state index contributed by atoms with van der Waals surface area (Å²) in [6, 6.07) is 14.6. The fraction of sp³-hybridized carbons (Fsp3) is 0.125. The maximum absolute atomic E-state index is 13.5. The highest BCUT2D eigenvalue weighted by Gasteiger charge is 2.11. The van der Waals surface area contributed by atoms with Gasteiger partial charge in [-0.15, -0.1) is 0 Å². The maximum Gasteiger partial charge on any atom is 0.124 e. The molecule has 0 aliphatic rings. The lowest BCUT2D eigenvalue weighted by atomic mass is 10.2. The van der Waals surface area contributed by atoms with Crippen LogP contribution in [0.5, 0.6) is 0 Å². The second-order valence-corrected chi connectivity index (χ2v) is 5.63. The lowest BCUT2D eigenvalue weighted by Crippen LogP contribution is -2.05. The van der Waals surface area contributed by atoms with Gasteiger partial charge in [0.05, 0.1) is 23.5 Å². The van der Waals surface area contributed by atoms with Crippen LogP contribution in [0.15, 0.2) is 46.9 Å². The van der Waals surface area contributed by atoms with E-state index in [1.807, 2.05) is 34.9 Å². The summed E-state index contributed by atoms with van der Waals surface area (Å²) < 4.78 is 16.2. The van der Waals surface area contributed by atoms with E-state index in [0.29, 0.717) is 16.8 Å². The lowest BCUT2D eigenvalue weighted by Gasteiger charge is -2.08. The molecule has 3 nitrogen and oxygen atoms in total. The van der Waals surface area contributed by atoms with E-state index in [2.05, 4.69) is 27.0 Å². The highest BCUT2D eigenvalue weighted by Crippen LogP contribution is 2.21. The zero-order valence-electron chi connectivity index (χ0n) is 11.1. The summed E-state index contributed by atoms with van der Waals surface area (Å²) in [5.74, 6) is 0.407. The summed E-state index contributed by atoms with van der Waals surface area (Å²) in [5, 5.41) is 8.95. The molecule has 3 aromatic rings. The highest BCUT2D eigenvalue weighted by molar-refractivity contribution is 9.10. The van der Waals surface area contributed by atoms with Crippen LogP contribution >= 0.6 is 15.9 Å². The molecule has 104 valence electrons. The molecule has 0 aliphatic heterocycles. The van der Waals surface area contributed by atoms with Crippen molar-refractivity contribution >= 4 is 27.0 Å². The number of halogens is 2. The average Bonchev–Trinajstić information content (AvgIpc) is 2.76. The number of nitrogens with zero attached hydrogens (tertiary/aromatic N) is 3. The van der Waals surface area contributed by atoms with Crippen LogP contribution < -0.4 is 0 Å². The van der Waals surface area contributed by atoms with E-state index in [0.717, 1.165) is 16.6 Å². The number of benzene rings is 2. The first-order valence-corrected chi connectivity index (χ1v) is 7.23. The van der Waals surface area contributed by atoms with Crippen molar-refractivity contribution in [2.24, 2.45) is 0 Å². The molecule has 0 saturated heterocycles. The zero-order valence-corrected chi connectivity index (χ0v) is 12.6. The molecule has 0 spiro atoms. The van der Waals surface area contributed by atoms with E-state index in [4.69, 9.17) is 5.26 Å². The summed E-state index contributed by atoms with van der Waals surface area (Å²) in [6.07, 6.45) is 0.227. The van der Waals surface area contributed by atoms with Gasteiger partial charge in [-0.25, -0.2) is 9.37 Å². The predicted molar refractivity (Wildman–Crippen MR) is 82.3 cm³/mol. The largest absolute Gasteiger partial charge is 0.323 e. The Morgan fingerprint density at radius 3 is 2.81 bits per heavy atom. The third-order valence-corrected chi connectivity index (χ3v) is 3.69. The summed E-state index contributed by atoms with van der Waals surface area (Å²) in [6.45, 7) is 0.480. The Balaban J connectivity index is 2.10. The molecule has 0 aliphatic carbocycles. The molecule has 0 fully saturated rings. The van der Waals surface area contributed by atoms with E-state index in [9.17, 15) is 4.39 Å². The molecule has 2 aromatic carbocycles. The fourth-order valence-corrected chi connectivity index (χ4v) is 2.91. The zero-order chi connectivity index (χ0) is 14.8. The van der Waals surface area contributed by atoms with Gasteiger partial charge in [0.1, 0.15) is 11.6 Å².